The predicted molar refractivity (Wildman–Crippen MR) is 115 cm³/mol. The predicted octanol–water partition coefficient (Wildman–Crippen LogP) is 2.82. The van der Waals surface area contributed by atoms with Crippen LogP contribution in [-0.2, 0) is 0 Å². The van der Waals surface area contributed by atoms with Crippen LogP contribution in [0.5, 0.6) is 0 Å². The highest BCUT2D eigenvalue weighted by Gasteiger charge is 2.24. The van der Waals surface area contributed by atoms with Crippen molar-refractivity contribution in [2.75, 3.05) is 36.0 Å². The molecule has 154 valence electrons. The van der Waals surface area contributed by atoms with E-state index in [1.165, 1.54) is 16.9 Å². The minimum Gasteiger partial charge on any atom is -0.365 e. The van der Waals surface area contributed by atoms with Crippen molar-refractivity contribution in [1.82, 2.24) is 14.8 Å². The van der Waals surface area contributed by atoms with Gasteiger partial charge in [-0.25, -0.2) is 4.98 Å². The average Bonchev–Trinajstić information content (AvgIpc) is 2.76. The van der Waals surface area contributed by atoms with E-state index in [0.717, 1.165) is 11.4 Å². The number of nitro groups is 1. The van der Waals surface area contributed by atoms with E-state index in [-0.39, 0.29) is 16.3 Å². The molecular formula is C20H19ClN6O3. The Morgan fingerprint density at radius 2 is 1.73 bits per heavy atom. The first-order chi connectivity index (χ1) is 14.5. The van der Waals surface area contributed by atoms with E-state index in [4.69, 9.17) is 11.6 Å². The highest BCUT2D eigenvalue weighted by molar-refractivity contribution is 6.33. The number of anilines is 2. The summed E-state index contributed by atoms with van der Waals surface area (Å²) in [5, 5.41) is 15.3. The molecule has 0 N–H and O–H groups in total. The Balaban J connectivity index is 1.51. The molecule has 1 aliphatic rings. The molecule has 0 amide bonds. The number of piperazine rings is 1. The van der Waals surface area contributed by atoms with Crippen LogP contribution >= 0.6 is 11.6 Å². The van der Waals surface area contributed by atoms with Crippen molar-refractivity contribution in [2.24, 2.45) is 0 Å². The molecule has 1 fully saturated rings. The van der Waals surface area contributed by atoms with Crippen molar-refractivity contribution in [3.8, 4) is 5.69 Å². The number of para-hydroxylation sites is 1. The van der Waals surface area contributed by atoms with Gasteiger partial charge in [0.2, 0.25) is 0 Å². The molecule has 3 aromatic rings. The molecule has 1 saturated heterocycles. The van der Waals surface area contributed by atoms with Crippen LogP contribution in [0.25, 0.3) is 5.69 Å². The fourth-order valence-corrected chi connectivity index (χ4v) is 3.79. The first-order valence-corrected chi connectivity index (χ1v) is 9.77. The summed E-state index contributed by atoms with van der Waals surface area (Å²) in [4.78, 5) is 31.5. The second kappa shape index (κ2) is 8.11. The molecule has 0 atom stereocenters. The highest BCUT2D eigenvalue weighted by atomic mass is 35.5. The topological polar surface area (TPSA) is 97.4 Å². The second-order valence-electron chi connectivity index (χ2n) is 6.96. The first-order valence-electron chi connectivity index (χ1n) is 9.40. The average molecular weight is 427 g/mol. The molecule has 0 radical (unpaired) electrons. The van der Waals surface area contributed by atoms with Gasteiger partial charge in [0.25, 0.3) is 11.2 Å². The van der Waals surface area contributed by atoms with Crippen molar-refractivity contribution in [3.05, 3.63) is 79.8 Å². The van der Waals surface area contributed by atoms with E-state index in [9.17, 15) is 14.9 Å². The second-order valence-corrected chi connectivity index (χ2v) is 7.34. The van der Waals surface area contributed by atoms with Crippen LogP contribution < -0.4 is 15.4 Å². The van der Waals surface area contributed by atoms with Gasteiger partial charge in [0.1, 0.15) is 17.0 Å². The Labute approximate surface area is 177 Å². The quantitative estimate of drug-likeness (QED) is 0.467. The Hall–Kier alpha value is -3.46. The maximum atomic E-state index is 12.7. The lowest BCUT2D eigenvalue weighted by Gasteiger charge is -2.37. The van der Waals surface area contributed by atoms with E-state index >= 15 is 0 Å². The van der Waals surface area contributed by atoms with Gasteiger partial charge in [0, 0.05) is 32.2 Å². The SMILES string of the molecule is Cc1cc([N+](=O)[O-])cnc1N1CCN(c2cnn(-c3ccccc3)c(=O)c2Cl)CC1. The number of hydrogen-bond acceptors (Lipinski definition) is 7. The summed E-state index contributed by atoms with van der Waals surface area (Å²) < 4.78 is 1.28. The summed E-state index contributed by atoms with van der Waals surface area (Å²) in [5.41, 5.74) is 1.62. The molecule has 2 aromatic heterocycles. The molecule has 1 aromatic carbocycles. The lowest BCUT2D eigenvalue weighted by Crippen LogP contribution is -2.47. The van der Waals surface area contributed by atoms with Gasteiger partial charge in [0.05, 0.1) is 22.5 Å². The summed E-state index contributed by atoms with van der Waals surface area (Å²) in [5.74, 6) is 0.726. The monoisotopic (exact) mass is 426 g/mol. The molecule has 3 heterocycles. The Bertz CT molecular complexity index is 1140. The third-order valence-electron chi connectivity index (χ3n) is 5.07. The molecule has 0 unspecified atom stereocenters. The van der Waals surface area contributed by atoms with E-state index in [1.54, 1.807) is 18.3 Å². The molecule has 0 aliphatic carbocycles. The molecule has 30 heavy (non-hydrogen) atoms. The third-order valence-corrected chi connectivity index (χ3v) is 5.42. The van der Waals surface area contributed by atoms with E-state index in [1.807, 2.05) is 30.0 Å². The van der Waals surface area contributed by atoms with Gasteiger partial charge in [-0.2, -0.15) is 9.78 Å². The molecule has 10 heteroatoms. The van der Waals surface area contributed by atoms with Crippen LogP contribution in [0.15, 0.2) is 53.6 Å². The van der Waals surface area contributed by atoms with Crippen molar-refractivity contribution in [3.63, 3.8) is 0 Å². The van der Waals surface area contributed by atoms with Gasteiger partial charge in [-0.3, -0.25) is 14.9 Å². The highest BCUT2D eigenvalue weighted by Crippen LogP contribution is 2.26. The van der Waals surface area contributed by atoms with Crippen molar-refractivity contribution >= 4 is 28.8 Å². The number of pyridine rings is 1. The number of hydrogen-bond donors (Lipinski definition) is 0. The fourth-order valence-electron chi connectivity index (χ4n) is 3.54. The minimum atomic E-state index is -0.450. The van der Waals surface area contributed by atoms with E-state index in [2.05, 4.69) is 15.0 Å². The van der Waals surface area contributed by atoms with Crippen molar-refractivity contribution < 1.29 is 4.92 Å². The molecule has 9 nitrogen and oxygen atoms in total. The van der Waals surface area contributed by atoms with Gasteiger partial charge in [-0.1, -0.05) is 29.8 Å². The lowest BCUT2D eigenvalue weighted by atomic mass is 10.2. The third kappa shape index (κ3) is 3.71. The smallest absolute Gasteiger partial charge is 0.292 e. The molecule has 1 aliphatic heterocycles. The van der Waals surface area contributed by atoms with Crippen LogP contribution in [0.2, 0.25) is 5.02 Å². The summed E-state index contributed by atoms with van der Waals surface area (Å²) in [6.45, 7) is 4.34. The van der Waals surface area contributed by atoms with Crippen molar-refractivity contribution in [2.45, 2.75) is 6.92 Å². The summed E-state index contributed by atoms with van der Waals surface area (Å²) in [6, 6.07) is 10.6. The molecule has 4 rings (SSSR count). The Kier molecular flexibility index (Phi) is 5.37. The summed E-state index contributed by atoms with van der Waals surface area (Å²) >= 11 is 6.40. The van der Waals surface area contributed by atoms with Gasteiger partial charge in [-0.15, -0.1) is 0 Å². The summed E-state index contributed by atoms with van der Waals surface area (Å²) in [6.07, 6.45) is 2.89. The normalized spacial score (nSPS) is 14.1. The number of halogens is 1. The molecule has 0 spiro atoms. The van der Waals surface area contributed by atoms with Crippen LogP contribution in [0.4, 0.5) is 17.2 Å². The first kappa shape index (κ1) is 19.8. The van der Waals surface area contributed by atoms with Gasteiger partial charge >= 0.3 is 0 Å². The van der Waals surface area contributed by atoms with Crippen LogP contribution in [0.1, 0.15) is 5.56 Å². The van der Waals surface area contributed by atoms with Crippen LogP contribution in [0, 0.1) is 17.0 Å². The zero-order valence-electron chi connectivity index (χ0n) is 16.2. The number of benzene rings is 1. The molecule has 0 saturated carbocycles. The van der Waals surface area contributed by atoms with E-state index < -0.39 is 4.92 Å². The fraction of sp³-hybridized carbons (Fsp3) is 0.250. The van der Waals surface area contributed by atoms with Crippen LogP contribution in [-0.4, -0.2) is 45.9 Å². The maximum absolute atomic E-state index is 12.7. The minimum absolute atomic E-state index is 0.0216. The number of nitrogens with zero attached hydrogens (tertiary/aromatic N) is 6. The number of aromatic nitrogens is 3. The number of aryl methyl sites for hydroxylation is 1. The zero-order chi connectivity index (χ0) is 21.3. The Morgan fingerprint density at radius 1 is 1.07 bits per heavy atom. The number of rotatable bonds is 4. The standard InChI is InChI=1S/C20H19ClN6O3/c1-14-11-16(27(29)30)12-22-19(14)25-9-7-24(8-10-25)17-13-23-26(20(28)18(17)21)15-5-3-2-4-6-15/h2-6,11-13H,7-10H2,1H3. The largest absolute Gasteiger partial charge is 0.365 e. The lowest BCUT2D eigenvalue weighted by molar-refractivity contribution is -0.385. The van der Waals surface area contributed by atoms with Gasteiger partial charge < -0.3 is 9.80 Å². The summed E-state index contributed by atoms with van der Waals surface area (Å²) in [7, 11) is 0. The zero-order valence-corrected chi connectivity index (χ0v) is 17.0. The van der Waals surface area contributed by atoms with Gasteiger partial charge in [0.15, 0.2) is 0 Å². The van der Waals surface area contributed by atoms with Crippen molar-refractivity contribution in [1.29, 1.82) is 0 Å². The van der Waals surface area contributed by atoms with Gasteiger partial charge in [-0.05, 0) is 24.6 Å². The molecular weight excluding hydrogens is 408 g/mol. The molecule has 0 bridgehead atoms. The van der Waals surface area contributed by atoms with E-state index in [0.29, 0.717) is 37.6 Å². The Morgan fingerprint density at radius 3 is 2.37 bits per heavy atom. The van der Waals surface area contributed by atoms with Crippen LogP contribution in [0.3, 0.4) is 0 Å². The maximum Gasteiger partial charge on any atom is 0.292 e.